The molecule has 0 saturated carbocycles. The van der Waals surface area contributed by atoms with E-state index in [-0.39, 0.29) is 0 Å². The monoisotopic (exact) mass is 303 g/mol. The highest BCUT2D eigenvalue weighted by Crippen LogP contribution is 2.17. The van der Waals surface area contributed by atoms with Gasteiger partial charge in [-0.25, -0.2) is 0 Å². The molecule has 2 heterocycles. The van der Waals surface area contributed by atoms with Crippen LogP contribution in [-0.2, 0) is 6.42 Å². The van der Waals surface area contributed by atoms with Crippen LogP contribution in [0.15, 0.2) is 35.3 Å². The van der Waals surface area contributed by atoms with E-state index < -0.39 is 0 Å². The Kier molecular flexibility index (Phi) is 5.58. The van der Waals surface area contributed by atoms with Crippen LogP contribution in [0.5, 0.6) is 0 Å². The van der Waals surface area contributed by atoms with Gasteiger partial charge in [0, 0.05) is 18.3 Å². The number of rotatable bonds is 6. The maximum atomic E-state index is 4.72. The van der Waals surface area contributed by atoms with Gasteiger partial charge < -0.3 is 10.2 Å². The molecule has 0 aromatic heterocycles. The van der Waals surface area contributed by atoms with Crippen LogP contribution in [0.3, 0.4) is 0 Å². The molecule has 0 aliphatic carbocycles. The average molecular weight is 303 g/mol. The third-order valence-electron chi connectivity index (χ3n) is 4.16. The first-order chi connectivity index (χ1) is 10.4. The van der Waals surface area contributed by atoms with Crippen LogP contribution in [0.25, 0.3) is 0 Å². The molecule has 0 radical (unpaired) electrons. The number of nitrogens with one attached hydrogen (secondary N) is 1. The van der Waals surface area contributed by atoms with Gasteiger partial charge in [0.2, 0.25) is 0 Å². The van der Waals surface area contributed by atoms with Crippen LogP contribution in [0.4, 0.5) is 0 Å². The maximum absolute atomic E-state index is 4.72. The van der Waals surface area contributed by atoms with Crippen molar-refractivity contribution in [1.29, 1.82) is 0 Å². The van der Waals surface area contributed by atoms with Gasteiger partial charge in [0.15, 0.2) is 5.17 Å². The minimum Gasteiger partial charge on any atom is -0.361 e. The van der Waals surface area contributed by atoms with Gasteiger partial charge in [0.1, 0.15) is 0 Å². The van der Waals surface area contributed by atoms with Gasteiger partial charge in [-0.1, -0.05) is 42.1 Å². The van der Waals surface area contributed by atoms with Crippen molar-refractivity contribution in [1.82, 2.24) is 10.2 Å². The molecule has 0 spiro atoms. The quantitative estimate of drug-likeness (QED) is 0.819. The van der Waals surface area contributed by atoms with Crippen LogP contribution in [0.1, 0.15) is 24.8 Å². The van der Waals surface area contributed by atoms with E-state index in [0.29, 0.717) is 6.04 Å². The molecule has 4 heteroatoms. The molecule has 1 aromatic rings. The lowest BCUT2D eigenvalue weighted by molar-refractivity contribution is 0.336. The van der Waals surface area contributed by atoms with E-state index in [0.717, 1.165) is 23.9 Å². The van der Waals surface area contributed by atoms with E-state index in [1.807, 2.05) is 11.8 Å². The molecule has 0 bridgehead atoms. The first-order valence-corrected chi connectivity index (χ1v) is 9.09. The molecule has 1 unspecified atom stereocenters. The Morgan fingerprint density at radius 3 is 2.81 bits per heavy atom. The van der Waals surface area contributed by atoms with Crippen LogP contribution < -0.4 is 5.32 Å². The molecule has 0 amide bonds. The third-order valence-corrected chi connectivity index (χ3v) is 5.25. The molecule has 3 rings (SSSR count). The second kappa shape index (κ2) is 7.85. The zero-order valence-corrected chi connectivity index (χ0v) is 13.4. The number of likely N-dealkylation sites (tertiary alicyclic amines) is 1. The summed E-state index contributed by atoms with van der Waals surface area (Å²) in [5.41, 5.74) is 1.41. The number of benzene rings is 1. The van der Waals surface area contributed by atoms with Crippen molar-refractivity contribution < 1.29 is 0 Å². The number of hydrogen-bond donors (Lipinski definition) is 1. The van der Waals surface area contributed by atoms with Crippen molar-refractivity contribution in [2.24, 2.45) is 4.99 Å². The Morgan fingerprint density at radius 1 is 1.19 bits per heavy atom. The molecule has 114 valence electrons. The smallest absolute Gasteiger partial charge is 0.156 e. The molecule has 1 N–H and O–H groups in total. The normalized spacial score (nSPS) is 24.6. The van der Waals surface area contributed by atoms with E-state index in [4.69, 9.17) is 4.99 Å². The molecule has 1 atom stereocenters. The second-order valence-electron chi connectivity index (χ2n) is 5.93. The lowest BCUT2D eigenvalue weighted by Crippen LogP contribution is -2.29. The second-order valence-corrected chi connectivity index (χ2v) is 6.94. The van der Waals surface area contributed by atoms with Crippen LogP contribution in [0, 0.1) is 0 Å². The molecule has 1 aromatic carbocycles. The van der Waals surface area contributed by atoms with E-state index in [1.54, 1.807) is 0 Å². The zero-order valence-electron chi connectivity index (χ0n) is 12.6. The van der Waals surface area contributed by atoms with Gasteiger partial charge in [-0.2, -0.15) is 0 Å². The molecule has 2 fully saturated rings. The molecule has 21 heavy (non-hydrogen) atoms. The highest BCUT2D eigenvalue weighted by Gasteiger charge is 2.20. The lowest BCUT2D eigenvalue weighted by Gasteiger charge is -2.13. The SMILES string of the molecule is c1ccc(CC2CSC(=NCCCN3CCCC3)N2)cc1. The number of nitrogens with zero attached hydrogens (tertiary/aromatic N) is 2. The Balaban J connectivity index is 1.36. The van der Waals surface area contributed by atoms with Gasteiger partial charge in [-0.05, 0) is 50.9 Å². The highest BCUT2D eigenvalue weighted by atomic mass is 32.2. The van der Waals surface area contributed by atoms with E-state index in [2.05, 4.69) is 40.5 Å². The van der Waals surface area contributed by atoms with E-state index >= 15 is 0 Å². The molecule has 2 aliphatic rings. The Labute approximate surface area is 132 Å². The van der Waals surface area contributed by atoms with E-state index in [1.165, 1.54) is 44.5 Å². The molecular formula is C17H25N3S. The molecular weight excluding hydrogens is 278 g/mol. The van der Waals surface area contributed by atoms with Crippen molar-refractivity contribution in [2.75, 3.05) is 31.9 Å². The first kappa shape index (κ1) is 14.9. The predicted octanol–water partition coefficient (Wildman–Crippen LogP) is 2.78. The fourth-order valence-corrected chi connectivity index (χ4v) is 4.01. The minimum absolute atomic E-state index is 0.537. The summed E-state index contributed by atoms with van der Waals surface area (Å²) in [5, 5.41) is 4.72. The van der Waals surface area contributed by atoms with Gasteiger partial charge in [0.05, 0.1) is 0 Å². The summed E-state index contributed by atoms with van der Waals surface area (Å²) in [6, 6.07) is 11.3. The number of hydrogen-bond acceptors (Lipinski definition) is 3. The van der Waals surface area contributed by atoms with Crippen LogP contribution in [-0.4, -0.2) is 48.0 Å². The van der Waals surface area contributed by atoms with Crippen molar-refractivity contribution in [3.63, 3.8) is 0 Å². The molecule has 3 nitrogen and oxygen atoms in total. The number of amidine groups is 1. The van der Waals surface area contributed by atoms with Gasteiger partial charge in [-0.3, -0.25) is 4.99 Å². The zero-order chi connectivity index (χ0) is 14.3. The van der Waals surface area contributed by atoms with Crippen LogP contribution >= 0.6 is 11.8 Å². The van der Waals surface area contributed by atoms with Crippen LogP contribution in [0.2, 0.25) is 0 Å². The minimum atomic E-state index is 0.537. The standard InChI is InChI=1S/C17H25N3S/c1-2-7-15(8-3-1)13-16-14-21-17(19-16)18-9-6-12-20-10-4-5-11-20/h1-3,7-8,16H,4-6,9-14H2,(H,18,19). The summed E-state index contributed by atoms with van der Waals surface area (Å²) in [6.07, 6.45) is 5.05. The Morgan fingerprint density at radius 2 is 2.00 bits per heavy atom. The maximum Gasteiger partial charge on any atom is 0.156 e. The average Bonchev–Trinajstić information content (AvgIpc) is 3.17. The summed E-state index contributed by atoms with van der Waals surface area (Å²) in [6.45, 7) is 4.77. The molecule has 2 saturated heterocycles. The molecule has 2 aliphatic heterocycles. The first-order valence-electron chi connectivity index (χ1n) is 8.10. The lowest BCUT2D eigenvalue weighted by atomic mass is 10.1. The Hall–Kier alpha value is -1.00. The van der Waals surface area contributed by atoms with Gasteiger partial charge >= 0.3 is 0 Å². The number of aliphatic imine (C=N–C) groups is 1. The van der Waals surface area contributed by atoms with Crippen molar-refractivity contribution in [3.05, 3.63) is 35.9 Å². The topological polar surface area (TPSA) is 27.6 Å². The van der Waals surface area contributed by atoms with Crippen molar-refractivity contribution in [2.45, 2.75) is 31.7 Å². The fourth-order valence-electron chi connectivity index (χ4n) is 3.02. The summed E-state index contributed by atoms with van der Waals surface area (Å²) in [7, 11) is 0. The fraction of sp³-hybridized carbons (Fsp3) is 0.588. The predicted molar refractivity (Wildman–Crippen MR) is 92.1 cm³/mol. The third kappa shape index (κ3) is 4.75. The Bertz CT molecular complexity index is 454. The van der Waals surface area contributed by atoms with E-state index in [9.17, 15) is 0 Å². The summed E-state index contributed by atoms with van der Waals surface area (Å²) in [5.74, 6) is 1.14. The largest absolute Gasteiger partial charge is 0.361 e. The van der Waals surface area contributed by atoms with Gasteiger partial charge in [-0.15, -0.1) is 0 Å². The highest BCUT2D eigenvalue weighted by molar-refractivity contribution is 8.14. The van der Waals surface area contributed by atoms with Gasteiger partial charge in [0.25, 0.3) is 0 Å². The number of thioether (sulfide) groups is 1. The summed E-state index contributed by atoms with van der Waals surface area (Å²) in [4.78, 5) is 7.28. The van der Waals surface area contributed by atoms with Crippen molar-refractivity contribution in [3.8, 4) is 0 Å². The van der Waals surface area contributed by atoms with Crippen molar-refractivity contribution >= 4 is 16.9 Å². The summed E-state index contributed by atoms with van der Waals surface area (Å²) < 4.78 is 0. The summed E-state index contributed by atoms with van der Waals surface area (Å²) >= 11 is 1.88.